The first-order chi connectivity index (χ1) is 11.7. The Bertz CT molecular complexity index is 669. The minimum Gasteiger partial charge on any atom is -0.372 e. The maximum absolute atomic E-state index is 11.1. The zero-order valence-corrected chi connectivity index (χ0v) is 14.3. The van der Waals surface area contributed by atoms with E-state index in [9.17, 15) is 5.11 Å². The number of anilines is 1. The Hall–Kier alpha value is -1.84. The molecule has 0 amide bonds. The van der Waals surface area contributed by atoms with E-state index < -0.39 is 6.23 Å². The van der Waals surface area contributed by atoms with Gasteiger partial charge in [0, 0.05) is 18.8 Å². The Morgan fingerprint density at radius 1 is 0.875 bits per heavy atom. The molecule has 2 heterocycles. The summed E-state index contributed by atoms with van der Waals surface area (Å²) in [7, 11) is 0. The molecule has 3 nitrogen and oxygen atoms in total. The van der Waals surface area contributed by atoms with Crippen LogP contribution in [0.5, 0.6) is 0 Å². The van der Waals surface area contributed by atoms with Crippen LogP contribution in [0.3, 0.4) is 0 Å². The highest BCUT2D eigenvalue weighted by Crippen LogP contribution is 2.49. The summed E-state index contributed by atoms with van der Waals surface area (Å²) >= 11 is 0. The summed E-state index contributed by atoms with van der Waals surface area (Å²) in [6, 6.07) is 20.8. The van der Waals surface area contributed by atoms with Crippen molar-refractivity contribution in [2.75, 3.05) is 18.0 Å². The summed E-state index contributed by atoms with van der Waals surface area (Å²) in [4.78, 5) is 4.76. The molecule has 0 radical (unpaired) electrons. The summed E-state index contributed by atoms with van der Waals surface area (Å²) in [5.74, 6) is 0. The molecule has 2 aliphatic heterocycles. The second kappa shape index (κ2) is 6.23. The van der Waals surface area contributed by atoms with Gasteiger partial charge in [0.05, 0.1) is 11.6 Å². The smallest absolute Gasteiger partial charge is 0.141 e. The molecule has 0 spiro atoms. The minimum atomic E-state index is -0.505. The van der Waals surface area contributed by atoms with Gasteiger partial charge in [-0.15, -0.1) is 0 Å². The molecule has 0 bridgehead atoms. The highest BCUT2D eigenvalue weighted by Gasteiger charge is 2.60. The minimum absolute atomic E-state index is 0.206. The average molecular weight is 322 g/mol. The zero-order valence-electron chi connectivity index (χ0n) is 14.3. The third kappa shape index (κ3) is 2.35. The second-order valence-corrected chi connectivity index (χ2v) is 7.24. The van der Waals surface area contributed by atoms with Crippen molar-refractivity contribution < 1.29 is 5.11 Å². The van der Waals surface area contributed by atoms with Gasteiger partial charge in [0.15, 0.2) is 0 Å². The first kappa shape index (κ1) is 15.7. The third-order valence-corrected chi connectivity index (χ3v) is 5.79. The van der Waals surface area contributed by atoms with Gasteiger partial charge in [-0.2, -0.15) is 0 Å². The van der Waals surface area contributed by atoms with Crippen LogP contribution in [0.2, 0.25) is 0 Å². The number of hydrogen-bond donors (Lipinski definition) is 1. The lowest BCUT2D eigenvalue weighted by atomic mass is 9.68. The maximum atomic E-state index is 11.1. The van der Waals surface area contributed by atoms with Crippen LogP contribution in [0.25, 0.3) is 0 Å². The normalized spacial score (nSPS) is 30.8. The van der Waals surface area contributed by atoms with Crippen LogP contribution in [-0.4, -0.2) is 35.5 Å². The zero-order chi connectivity index (χ0) is 16.6. The molecular weight excluding hydrogens is 296 g/mol. The van der Waals surface area contributed by atoms with Gasteiger partial charge in [-0.25, -0.2) is 0 Å². The molecule has 2 aliphatic rings. The quantitative estimate of drug-likeness (QED) is 0.935. The average Bonchev–Trinajstić information content (AvgIpc) is 2.67. The fraction of sp³-hybridized carbons (Fsp3) is 0.429. The van der Waals surface area contributed by atoms with E-state index in [2.05, 4.69) is 53.1 Å². The monoisotopic (exact) mass is 322 g/mol. The number of aliphatic hydroxyl groups excluding tert-OH is 1. The number of rotatable bonds is 3. The van der Waals surface area contributed by atoms with Crippen molar-refractivity contribution in [3.63, 3.8) is 0 Å². The number of aliphatic hydroxyl groups is 1. The van der Waals surface area contributed by atoms with Crippen molar-refractivity contribution in [2.45, 2.75) is 44.0 Å². The predicted octanol–water partition coefficient (Wildman–Crippen LogP) is 3.59. The summed E-state index contributed by atoms with van der Waals surface area (Å²) in [5, 5.41) is 11.1. The van der Waals surface area contributed by atoms with Crippen LogP contribution < -0.4 is 4.90 Å². The van der Waals surface area contributed by atoms with E-state index in [4.69, 9.17) is 0 Å². The van der Waals surface area contributed by atoms with E-state index in [1.807, 2.05) is 24.3 Å². The molecule has 3 atom stereocenters. The summed E-state index contributed by atoms with van der Waals surface area (Å²) in [6.45, 7) is 4.44. The lowest BCUT2D eigenvalue weighted by Gasteiger charge is -2.64. The number of nitrogens with zero attached hydrogens (tertiary/aromatic N) is 2. The fourth-order valence-corrected chi connectivity index (χ4v) is 4.46. The van der Waals surface area contributed by atoms with E-state index in [1.54, 1.807) is 0 Å². The Kier molecular flexibility index (Phi) is 4.07. The maximum Gasteiger partial charge on any atom is 0.141 e. The molecule has 3 unspecified atom stereocenters. The largest absolute Gasteiger partial charge is 0.372 e. The molecule has 4 rings (SSSR count). The molecule has 2 saturated heterocycles. The van der Waals surface area contributed by atoms with Crippen LogP contribution in [0.1, 0.15) is 31.7 Å². The summed E-state index contributed by atoms with van der Waals surface area (Å²) < 4.78 is 0. The highest BCUT2D eigenvalue weighted by atomic mass is 16.3. The molecule has 2 fully saturated rings. The number of piperidine rings is 1. The Morgan fingerprint density at radius 3 is 2.08 bits per heavy atom. The van der Waals surface area contributed by atoms with Crippen LogP contribution in [0.4, 0.5) is 5.69 Å². The van der Waals surface area contributed by atoms with Crippen molar-refractivity contribution in [3.05, 3.63) is 66.2 Å². The van der Waals surface area contributed by atoms with Gasteiger partial charge in [0.1, 0.15) is 6.23 Å². The fourth-order valence-electron chi connectivity index (χ4n) is 4.46. The van der Waals surface area contributed by atoms with Gasteiger partial charge in [-0.1, -0.05) is 55.0 Å². The third-order valence-electron chi connectivity index (χ3n) is 5.79. The van der Waals surface area contributed by atoms with E-state index in [0.717, 1.165) is 18.8 Å². The van der Waals surface area contributed by atoms with Crippen molar-refractivity contribution in [1.29, 1.82) is 0 Å². The van der Waals surface area contributed by atoms with Crippen molar-refractivity contribution >= 4 is 5.69 Å². The Morgan fingerprint density at radius 2 is 1.46 bits per heavy atom. The molecule has 1 N–H and O–H groups in total. The van der Waals surface area contributed by atoms with Gasteiger partial charge >= 0.3 is 0 Å². The summed E-state index contributed by atoms with van der Waals surface area (Å²) in [6.07, 6.45) is 3.52. The molecule has 2 aromatic rings. The predicted molar refractivity (Wildman–Crippen MR) is 97.9 cm³/mol. The van der Waals surface area contributed by atoms with Crippen molar-refractivity contribution in [2.24, 2.45) is 0 Å². The van der Waals surface area contributed by atoms with Gasteiger partial charge in [-0.3, -0.25) is 4.90 Å². The SMILES string of the molecule is CC1(c2ccccc2)C(O)N(c2ccccc2)C1N1CCCCC1. The highest BCUT2D eigenvalue weighted by molar-refractivity contribution is 5.56. The first-order valence-electron chi connectivity index (χ1n) is 9.04. The molecule has 126 valence electrons. The topological polar surface area (TPSA) is 26.7 Å². The number of hydrogen-bond acceptors (Lipinski definition) is 3. The Balaban J connectivity index is 1.74. The molecule has 24 heavy (non-hydrogen) atoms. The molecule has 2 aromatic carbocycles. The van der Waals surface area contributed by atoms with Crippen LogP contribution in [-0.2, 0) is 5.41 Å². The number of likely N-dealkylation sites (tertiary alicyclic amines) is 1. The standard InChI is InChI=1S/C21H26N2O/c1-21(17-11-5-2-6-12-17)19(22-15-9-4-10-16-22)23(20(21)24)18-13-7-3-8-14-18/h2-3,5-8,11-14,19-20,24H,4,9-10,15-16H2,1H3. The van der Waals surface area contributed by atoms with Crippen molar-refractivity contribution in [3.8, 4) is 0 Å². The number of benzene rings is 2. The van der Waals surface area contributed by atoms with Gasteiger partial charge in [0.2, 0.25) is 0 Å². The van der Waals surface area contributed by atoms with Crippen LogP contribution in [0, 0.1) is 0 Å². The van der Waals surface area contributed by atoms with Gasteiger partial charge < -0.3 is 10.0 Å². The second-order valence-electron chi connectivity index (χ2n) is 7.24. The summed E-state index contributed by atoms with van der Waals surface area (Å²) in [5.41, 5.74) is 2.06. The van der Waals surface area contributed by atoms with Gasteiger partial charge in [0.25, 0.3) is 0 Å². The van der Waals surface area contributed by atoms with Crippen LogP contribution >= 0.6 is 0 Å². The van der Waals surface area contributed by atoms with E-state index in [1.165, 1.54) is 24.8 Å². The van der Waals surface area contributed by atoms with Gasteiger partial charge in [-0.05, 0) is 37.5 Å². The molecule has 3 heteroatoms. The molecule has 0 aliphatic carbocycles. The van der Waals surface area contributed by atoms with Crippen LogP contribution in [0.15, 0.2) is 60.7 Å². The van der Waals surface area contributed by atoms with E-state index >= 15 is 0 Å². The lowest BCUT2D eigenvalue weighted by molar-refractivity contribution is -0.0814. The van der Waals surface area contributed by atoms with Crippen molar-refractivity contribution in [1.82, 2.24) is 4.90 Å². The number of para-hydroxylation sites is 1. The van der Waals surface area contributed by atoms with E-state index in [-0.39, 0.29) is 11.6 Å². The molecular formula is C21H26N2O. The molecule has 0 saturated carbocycles. The lowest BCUT2D eigenvalue weighted by Crippen LogP contribution is -2.78. The first-order valence-corrected chi connectivity index (χ1v) is 9.04. The van der Waals surface area contributed by atoms with E-state index in [0.29, 0.717) is 0 Å². The Labute approximate surface area is 144 Å². The molecule has 0 aromatic heterocycles.